The van der Waals surface area contributed by atoms with Gasteiger partial charge in [-0.05, 0) is 42.7 Å². The fraction of sp³-hybridized carbons (Fsp3) is 0.235. The maximum atomic E-state index is 13.7. The second-order valence-electron chi connectivity index (χ2n) is 4.90. The van der Waals surface area contributed by atoms with Crippen molar-refractivity contribution in [3.05, 3.63) is 62.9 Å². The van der Waals surface area contributed by atoms with Gasteiger partial charge in [-0.25, -0.2) is 4.39 Å². The average Bonchev–Trinajstić information content (AvgIpc) is 2.44. The van der Waals surface area contributed by atoms with Crippen LogP contribution in [0.1, 0.15) is 27.0 Å². The van der Waals surface area contributed by atoms with Gasteiger partial charge in [0.05, 0.1) is 12.7 Å². The fourth-order valence-electron chi connectivity index (χ4n) is 2.35. The maximum absolute atomic E-state index is 13.7. The summed E-state index contributed by atoms with van der Waals surface area (Å²) in [4.78, 5) is 12.6. The third kappa shape index (κ3) is 3.16. The number of rotatable bonds is 4. The standard InChI is InChI=1S/C17H16BrFO2/c1-10-8-13(18)11(2)16(17(10)21-3)15(20)9-12-6-4-5-7-14(12)19/h4-8H,9H2,1-3H3. The summed E-state index contributed by atoms with van der Waals surface area (Å²) in [5, 5.41) is 0. The molecule has 0 N–H and O–H groups in total. The molecular weight excluding hydrogens is 335 g/mol. The molecule has 2 rings (SSSR count). The molecule has 110 valence electrons. The predicted molar refractivity (Wildman–Crippen MR) is 84.6 cm³/mol. The molecule has 4 heteroatoms. The van der Waals surface area contributed by atoms with Crippen molar-refractivity contribution in [2.45, 2.75) is 20.3 Å². The van der Waals surface area contributed by atoms with E-state index in [0.29, 0.717) is 16.9 Å². The largest absolute Gasteiger partial charge is 0.496 e. The van der Waals surface area contributed by atoms with Crippen LogP contribution in [0.15, 0.2) is 34.8 Å². The van der Waals surface area contributed by atoms with Crippen molar-refractivity contribution in [1.82, 2.24) is 0 Å². The van der Waals surface area contributed by atoms with Crippen LogP contribution in [0.4, 0.5) is 4.39 Å². The number of hydrogen-bond acceptors (Lipinski definition) is 2. The number of carbonyl (C=O) groups is 1. The van der Waals surface area contributed by atoms with Crippen LogP contribution >= 0.6 is 15.9 Å². The second kappa shape index (κ2) is 6.39. The molecule has 2 aromatic carbocycles. The van der Waals surface area contributed by atoms with E-state index in [1.807, 2.05) is 19.9 Å². The Morgan fingerprint density at radius 3 is 2.57 bits per heavy atom. The Morgan fingerprint density at radius 1 is 1.29 bits per heavy atom. The van der Waals surface area contributed by atoms with Gasteiger partial charge < -0.3 is 4.74 Å². The summed E-state index contributed by atoms with van der Waals surface area (Å²) in [5.41, 5.74) is 2.57. The number of carbonyl (C=O) groups excluding carboxylic acids is 1. The van der Waals surface area contributed by atoms with Crippen LogP contribution in [0.3, 0.4) is 0 Å². The SMILES string of the molecule is COc1c(C)cc(Br)c(C)c1C(=O)Cc1ccccc1F. The minimum atomic E-state index is -0.366. The smallest absolute Gasteiger partial charge is 0.171 e. The van der Waals surface area contributed by atoms with Gasteiger partial charge in [-0.3, -0.25) is 4.79 Å². The Balaban J connectivity index is 2.47. The van der Waals surface area contributed by atoms with E-state index in [9.17, 15) is 9.18 Å². The van der Waals surface area contributed by atoms with Crippen LogP contribution in [-0.2, 0) is 6.42 Å². The summed E-state index contributed by atoms with van der Waals surface area (Å²) < 4.78 is 19.9. The highest BCUT2D eigenvalue weighted by molar-refractivity contribution is 9.10. The first-order valence-corrected chi connectivity index (χ1v) is 7.35. The third-order valence-electron chi connectivity index (χ3n) is 3.45. The monoisotopic (exact) mass is 350 g/mol. The number of benzene rings is 2. The van der Waals surface area contributed by atoms with Crippen molar-refractivity contribution in [3.63, 3.8) is 0 Å². The number of ether oxygens (including phenoxy) is 1. The second-order valence-corrected chi connectivity index (χ2v) is 5.75. The fourth-order valence-corrected chi connectivity index (χ4v) is 2.89. The van der Waals surface area contributed by atoms with E-state index in [0.717, 1.165) is 15.6 Å². The van der Waals surface area contributed by atoms with Crippen molar-refractivity contribution >= 4 is 21.7 Å². The van der Waals surface area contributed by atoms with E-state index in [4.69, 9.17) is 4.74 Å². The number of hydrogen-bond donors (Lipinski definition) is 0. The molecule has 0 aliphatic carbocycles. The normalized spacial score (nSPS) is 10.5. The van der Waals surface area contributed by atoms with Gasteiger partial charge in [-0.2, -0.15) is 0 Å². The molecule has 0 saturated heterocycles. The van der Waals surface area contributed by atoms with E-state index >= 15 is 0 Å². The van der Waals surface area contributed by atoms with Crippen molar-refractivity contribution < 1.29 is 13.9 Å². The highest BCUT2D eigenvalue weighted by Crippen LogP contribution is 2.33. The molecule has 0 saturated carbocycles. The molecule has 0 unspecified atom stereocenters. The lowest BCUT2D eigenvalue weighted by atomic mass is 9.96. The van der Waals surface area contributed by atoms with Crippen molar-refractivity contribution in [3.8, 4) is 5.75 Å². The molecule has 0 atom stereocenters. The molecule has 0 bridgehead atoms. The maximum Gasteiger partial charge on any atom is 0.171 e. The topological polar surface area (TPSA) is 26.3 Å². The number of ketones is 1. The zero-order valence-electron chi connectivity index (χ0n) is 12.2. The van der Waals surface area contributed by atoms with E-state index in [2.05, 4.69) is 15.9 Å². The lowest BCUT2D eigenvalue weighted by Crippen LogP contribution is -2.10. The summed E-state index contributed by atoms with van der Waals surface area (Å²) in [6.07, 6.45) is 0.0137. The van der Waals surface area contributed by atoms with Crippen LogP contribution < -0.4 is 4.74 Å². The lowest BCUT2D eigenvalue weighted by molar-refractivity contribution is 0.0988. The number of Topliss-reactive ketones (excluding diaryl/α,β-unsaturated/α-hetero) is 1. The summed E-state index contributed by atoms with van der Waals surface area (Å²) in [5.74, 6) is 0.0325. The van der Waals surface area contributed by atoms with Crippen molar-refractivity contribution in [2.75, 3.05) is 7.11 Å². The van der Waals surface area contributed by atoms with Gasteiger partial charge in [0, 0.05) is 10.9 Å². The van der Waals surface area contributed by atoms with E-state index < -0.39 is 0 Å². The molecule has 2 aromatic rings. The van der Waals surface area contributed by atoms with Gasteiger partial charge in [0.1, 0.15) is 11.6 Å². The Kier molecular flexibility index (Phi) is 4.78. The molecule has 0 fully saturated rings. The molecule has 0 spiro atoms. The van der Waals surface area contributed by atoms with Crippen LogP contribution in [0.25, 0.3) is 0 Å². The Hall–Kier alpha value is -1.68. The average molecular weight is 351 g/mol. The highest BCUT2D eigenvalue weighted by atomic mass is 79.9. The molecule has 0 aromatic heterocycles. The highest BCUT2D eigenvalue weighted by Gasteiger charge is 2.20. The van der Waals surface area contributed by atoms with Gasteiger partial charge in [-0.1, -0.05) is 34.1 Å². The molecule has 0 aliphatic heterocycles. The van der Waals surface area contributed by atoms with Crippen molar-refractivity contribution in [2.24, 2.45) is 0 Å². The van der Waals surface area contributed by atoms with Gasteiger partial charge in [0.15, 0.2) is 5.78 Å². The van der Waals surface area contributed by atoms with Crippen LogP contribution in [0.2, 0.25) is 0 Å². The molecule has 0 radical (unpaired) electrons. The molecule has 0 amide bonds. The quantitative estimate of drug-likeness (QED) is 0.751. The van der Waals surface area contributed by atoms with Gasteiger partial charge in [-0.15, -0.1) is 0 Å². The summed E-state index contributed by atoms with van der Waals surface area (Å²) >= 11 is 3.45. The van der Waals surface area contributed by atoms with Crippen LogP contribution in [-0.4, -0.2) is 12.9 Å². The molecule has 2 nitrogen and oxygen atoms in total. The summed E-state index contributed by atoms with van der Waals surface area (Å²) in [6, 6.07) is 8.23. The Labute approximate surface area is 132 Å². The van der Waals surface area contributed by atoms with Crippen molar-refractivity contribution in [1.29, 1.82) is 0 Å². The summed E-state index contributed by atoms with van der Waals surface area (Å²) in [7, 11) is 1.54. The van der Waals surface area contributed by atoms with Gasteiger partial charge >= 0.3 is 0 Å². The lowest BCUT2D eigenvalue weighted by Gasteiger charge is -2.15. The number of halogens is 2. The Bertz CT molecular complexity index is 695. The molecule has 0 aliphatic rings. The summed E-state index contributed by atoms with van der Waals surface area (Å²) in [6.45, 7) is 3.73. The molecule has 0 heterocycles. The van der Waals surface area contributed by atoms with Crippen LogP contribution in [0.5, 0.6) is 5.75 Å². The number of methoxy groups -OCH3 is 1. The minimum absolute atomic E-state index is 0.0137. The zero-order chi connectivity index (χ0) is 15.6. The minimum Gasteiger partial charge on any atom is -0.496 e. The van der Waals surface area contributed by atoms with E-state index in [1.54, 1.807) is 18.2 Å². The van der Waals surface area contributed by atoms with Gasteiger partial charge in [0.2, 0.25) is 0 Å². The molecular formula is C17H16BrFO2. The molecule has 21 heavy (non-hydrogen) atoms. The number of aryl methyl sites for hydroxylation is 1. The first kappa shape index (κ1) is 15.7. The van der Waals surface area contributed by atoms with Crippen LogP contribution in [0, 0.1) is 19.7 Å². The Morgan fingerprint density at radius 2 is 1.95 bits per heavy atom. The zero-order valence-corrected chi connectivity index (χ0v) is 13.8. The predicted octanol–water partition coefficient (Wildman–Crippen LogP) is 4.64. The first-order valence-electron chi connectivity index (χ1n) is 6.56. The first-order chi connectivity index (χ1) is 9.95. The van der Waals surface area contributed by atoms with E-state index in [1.165, 1.54) is 13.2 Å². The third-order valence-corrected chi connectivity index (χ3v) is 4.28. The van der Waals surface area contributed by atoms with Gasteiger partial charge in [0.25, 0.3) is 0 Å². The van der Waals surface area contributed by atoms with E-state index in [-0.39, 0.29) is 18.0 Å².